The Morgan fingerprint density at radius 1 is 1.00 bits per heavy atom. The van der Waals surface area contributed by atoms with Crippen LogP contribution in [0.1, 0.15) is 58.3 Å². The lowest BCUT2D eigenvalue weighted by molar-refractivity contribution is -0.0525. The Morgan fingerprint density at radius 2 is 1.55 bits per heavy atom. The van der Waals surface area contributed by atoms with E-state index in [4.69, 9.17) is 0 Å². The molecule has 1 heterocycles. The van der Waals surface area contributed by atoms with Crippen LogP contribution in [0.15, 0.2) is 0 Å². The van der Waals surface area contributed by atoms with E-state index < -0.39 is 0 Å². The Hall–Kier alpha value is -0.0800. The maximum atomic E-state index is 3.92. The van der Waals surface area contributed by atoms with Crippen molar-refractivity contribution >= 4 is 0 Å². The highest BCUT2D eigenvalue weighted by atomic mass is 15.2. The zero-order valence-electron chi connectivity index (χ0n) is 13.2. The number of nitrogens with one attached hydrogen (secondary N) is 1. The summed E-state index contributed by atoms with van der Waals surface area (Å²) in [7, 11) is 0. The number of nitrogens with zero attached hydrogens (tertiary/aromatic N) is 1. The highest BCUT2D eigenvalue weighted by molar-refractivity contribution is 5.02. The van der Waals surface area contributed by atoms with Gasteiger partial charge in [-0.25, -0.2) is 0 Å². The summed E-state index contributed by atoms with van der Waals surface area (Å²) in [6, 6.07) is 0.682. The van der Waals surface area contributed by atoms with Crippen LogP contribution in [-0.2, 0) is 0 Å². The molecule has 1 atom stereocenters. The Bertz CT molecular complexity index is 310. The molecule has 0 radical (unpaired) electrons. The first kappa shape index (κ1) is 13.6. The van der Waals surface area contributed by atoms with E-state index in [1.54, 1.807) is 38.5 Å². The molecule has 1 unspecified atom stereocenters. The van der Waals surface area contributed by atoms with Crippen molar-refractivity contribution in [2.75, 3.05) is 26.2 Å². The summed E-state index contributed by atoms with van der Waals surface area (Å²) >= 11 is 0. The van der Waals surface area contributed by atoms with Gasteiger partial charge in [0.05, 0.1) is 0 Å². The molecular weight excluding hydrogens is 244 g/mol. The van der Waals surface area contributed by atoms with Gasteiger partial charge in [-0.05, 0) is 94.5 Å². The molecular formula is C18H32N2. The van der Waals surface area contributed by atoms with Gasteiger partial charge in [0.1, 0.15) is 0 Å². The third-order valence-electron chi connectivity index (χ3n) is 6.72. The molecule has 5 aliphatic rings. The van der Waals surface area contributed by atoms with Gasteiger partial charge in [0, 0.05) is 19.1 Å². The quantitative estimate of drug-likeness (QED) is 0.829. The van der Waals surface area contributed by atoms with Crippen molar-refractivity contribution in [1.82, 2.24) is 10.2 Å². The lowest BCUT2D eigenvalue weighted by Gasteiger charge is -2.57. The van der Waals surface area contributed by atoms with E-state index in [-0.39, 0.29) is 0 Å². The summed E-state index contributed by atoms with van der Waals surface area (Å²) in [5.41, 5.74) is 0.702. The monoisotopic (exact) mass is 276 g/mol. The van der Waals surface area contributed by atoms with Crippen LogP contribution >= 0.6 is 0 Å². The highest BCUT2D eigenvalue weighted by Gasteiger charge is 2.50. The van der Waals surface area contributed by atoms with Crippen molar-refractivity contribution in [2.45, 2.75) is 64.3 Å². The fourth-order valence-corrected chi connectivity index (χ4v) is 6.31. The summed E-state index contributed by atoms with van der Waals surface area (Å²) in [5, 5.41) is 3.92. The first-order chi connectivity index (χ1) is 9.71. The highest BCUT2D eigenvalue weighted by Crippen LogP contribution is 2.59. The van der Waals surface area contributed by atoms with Gasteiger partial charge in [-0.2, -0.15) is 0 Å². The molecule has 2 nitrogen and oxygen atoms in total. The zero-order chi connectivity index (χ0) is 13.6. The molecule has 0 amide bonds. The maximum absolute atomic E-state index is 3.92. The second kappa shape index (κ2) is 5.28. The molecule has 1 saturated heterocycles. The van der Waals surface area contributed by atoms with Crippen LogP contribution in [0.2, 0.25) is 0 Å². The minimum absolute atomic E-state index is 0.682. The first-order valence-electron chi connectivity index (χ1n) is 9.16. The van der Waals surface area contributed by atoms with Crippen LogP contribution in [0.5, 0.6) is 0 Å². The van der Waals surface area contributed by atoms with Crippen LogP contribution in [0.3, 0.4) is 0 Å². The molecule has 0 aromatic heterocycles. The molecule has 0 aromatic rings. The molecule has 0 aromatic carbocycles. The van der Waals surface area contributed by atoms with Gasteiger partial charge in [-0.1, -0.05) is 0 Å². The van der Waals surface area contributed by atoms with Crippen LogP contribution in [0.4, 0.5) is 0 Å². The summed E-state index contributed by atoms with van der Waals surface area (Å²) in [4.78, 5) is 2.65. The lowest BCUT2D eigenvalue weighted by atomic mass is 9.49. The summed E-state index contributed by atoms with van der Waals surface area (Å²) < 4.78 is 0. The number of likely N-dealkylation sites (tertiary alicyclic amines) is 1. The lowest BCUT2D eigenvalue weighted by Crippen LogP contribution is -2.52. The third-order valence-corrected chi connectivity index (χ3v) is 6.72. The predicted octanol–water partition coefficient (Wildman–Crippen LogP) is 3.28. The van der Waals surface area contributed by atoms with Crippen LogP contribution in [-0.4, -0.2) is 37.1 Å². The predicted molar refractivity (Wildman–Crippen MR) is 83.7 cm³/mol. The molecule has 20 heavy (non-hydrogen) atoms. The Kier molecular flexibility index (Phi) is 3.58. The maximum Gasteiger partial charge on any atom is 0.0166 e. The van der Waals surface area contributed by atoms with Gasteiger partial charge in [0.25, 0.3) is 0 Å². The van der Waals surface area contributed by atoms with Gasteiger partial charge in [0.2, 0.25) is 0 Å². The van der Waals surface area contributed by atoms with Gasteiger partial charge < -0.3 is 10.2 Å². The average molecular weight is 276 g/mol. The number of hydrogen-bond acceptors (Lipinski definition) is 2. The molecule has 5 rings (SSSR count). The van der Waals surface area contributed by atoms with Gasteiger partial charge >= 0.3 is 0 Å². The molecule has 4 bridgehead atoms. The van der Waals surface area contributed by atoms with Crippen molar-refractivity contribution < 1.29 is 0 Å². The molecule has 5 fully saturated rings. The van der Waals surface area contributed by atoms with E-state index in [0.29, 0.717) is 11.5 Å². The Morgan fingerprint density at radius 3 is 2.10 bits per heavy atom. The zero-order valence-corrected chi connectivity index (χ0v) is 13.2. The molecule has 4 saturated carbocycles. The Balaban J connectivity index is 1.30. The first-order valence-corrected chi connectivity index (χ1v) is 9.16. The average Bonchev–Trinajstić information content (AvgIpc) is 2.88. The van der Waals surface area contributed by atoms with Crippen LogP contribution in [0, 0.1) is 23.2 Å². The third kappa shape index (κ3) is 2.66. The number of hydrogen-bond donors (Lipinski definition) is 1. The summed E-state index contributed by atoms with van der Waals surface area (Å²) in [6.07, 6.45) is 12.2. The summed E-state index contributed by atoms with van der Waals surface area (Å²) in [6.45, 7) is 7.66. The fourth-order valence-electron chi connectivity index (χ4n) is 6.31. The minimum atomic E-state index is 0.682. The normalized spacial score (nSPS) is 45.1. The van der Waals surface area contributed by atoms with E-state index >= 15 is 0 Å². The molecule has 4 aliphatic carbocycles. The second-order valence-electron chi connectivity index (χ2n) is 8.71. The fraction of sp³-hybridized carbons (Fsp3) is 1.00. The molecule has 1 N–H and O–H groups in total. The van der Waals surface area contributed by atoms with E-state index in [1.807, 2.05) is 0 Å². The Labute approximate surface area is 124 Å². The van der Waals surface area contributed by atoms with Crippen LogP contribution < -0.4 is 5.32 Å². The largest absolute Gasteiger partial charge is 0.312 e. The van der Waals surface area contributed by atoms with Gasteiger partial charge in [-0.15, -0.1) is 0 Å². The van der Waals surface area contributed by atoms with Crippen molar-refractivity contribution in [2.24, 2.45) is 23.2 Å². The van der Waals surface area contributed by atoms with E-state index in [1.165, 1.54) is 39.0 Å². The van der Waals surface area contributed by atoms with Crippen LogP contribution in [0.25, 0.3) is 0 Å². The number of rotatable bonds is 5. The second-order valence-corrected chi connectivity index (χ2v) is 8.71. The van der Waals surface area contributed by atoms with Gasteiger partial charge in [0.15, 0.2) is 0 Å². The molecule has 1 aliphatic heterocycles. The van der Waals surface area contributed by atoms with Crippen molar-refractivity contribution in [1.29, 1.82) is 0 Å². The van der Waals surface area contributed by atoms with E-state index in [2.05, 4.69) is 17.1 Å². The standard InChI is InChI=1S/C18H32N2/c1-14(12-20-4-2-3-5-20)19-13-18-9-15-6-16(10-18)8-17(7-15)11-18/h14-17,19H,2-13H2,1H3. The summed E-state index contributed by atoms with van der Waals surface area (Å²) in [5.74, 6) is 3.28. The molecule has 2 heteroatoms. The van der Waals surface area contributed by atoms with Crippen molar-refractivity contribution in [3.05, 3.63) is 0 Å². The molecule has 114 valence electrons. The topological polar surface area (TPSA) is 15.3 Å². The van der Waals surface area contributed by atoms with Crippen molar-refractivity contribution in [3.8, 4) is 0 Å². The van der Waals surface area contributed by atoms with E-state index in [9.17, 15) is 0 Å². The van der Waals surface area contributed by atoms with Crippen molar-refractivity contribution in [3.63, 3.8) is 0 Å². The minimum Gasteiger partial charge on any atom is -0.312 e. The van der Waals surface area contributed by atoms with Gasteiger partial charge in [-0.3, -0.25) is 0 Å². The SMILES string of the molecule is CC(CN1CCCC1)NCC12CC3CC(CC(C3)C1)C2. The molecule has 0 spiro atoms. The van der Waals surface area contributed by atoms with E-state index in [0.717, 1.165) is 17.8 Å². The smallest absolute Gasteiger partial charge is 0.0166 e.